The van der Waals surface area contributed by atoms with Gasteiger partial charge in [-0.25, -0.2) is 4.98 Å². The van der Waals surface area contributed by atoms with Crippen LogP contribution in [0.25, 0.3) is 5.88 Å². The predicted octanol–water partition coefficient (Wildman–Crippen LogP) is 2.04. The molecule has 0 radical (unpaired) electrons. The van der Waals surface area contributed by atoms with Crippen LogP contribution < -0.4 is 4.74 Å². The van der Waals surface area contributed by atoms with Crippen molar-refractivity contribution in [1.29, 1.82) is 5.26 Å². The first-order chi connectivity index (χ1) is 11.9. The monoisotopic (exact) mass is 339 g/mol. The Morgan fingerprint density at radius 3 is 2.48 bits per heavy atom. The summed E-state index contributed by atoms with van der Waals surface area (Å²) in [5.74, 6) is 1.12. The maximum atomic E-state index is 9.40. The van der Waals surface area contributed by atoms with Crippen molar-refractivity contribution in [3.05, 3.63) is 39.5 Å². The molecule has 0 amide bonds. The number of tetrazole rings is 1. The Hall–Kier alpha value is -3.28. The number of nitrogens with zero attached hydrogens (tertiary/aromatic N) is 7. The highest BCUT2D eigenvalue weighted by atomic mass is 16.5. The molecule has 0 aliphatic rings. The summed E-state index contributed by atoms with van der Waals surface area (Å²) >= 11 is 0. The zero-order valence-corrected chi connectivity index (χ0v) is 14.7. The summed E-state index contributed by atoms with van der Waals surface area (Å²) in [6.07, 6.45) is 0. The van der Waals surface area contributed by atoms with Gasteiger partial charge in [0.15, 0.2) is 12.4 Å². The van der Waals surface area contributed by atoms with Gasteiger partial charge in [-0.15, -0.1) is 5.10 Å². The number of nitriles is 1. The van der Waals surface area contributed by atoms with Crippen LogP contribution in [0.5, 0.6) is 5.88 Å². The van der Waals surface area contributed by atoms with Crippen molar-refractivity contribution in [2.24, 2.45) is 0 Å². The van der Waals surface area contributed by atoms with Crippen molar-refractivity contribution in [2.45, 2.75) is 41.2 Å². The molecule has 9 nitrogen and oxygen atoms in total. The Morgan fingerprint density at radius 2 is 1.84 bits per heavy atom. The molecule has 0 N–H and O–H groups in total. The fraction of sp³-hybridized carbons (Fsp3) is 0.375. The first-order valence-corrected chi connectivity index (χ1v) is 7.65. The topological polar surface area (TPSA) is 116 Å². The zero-order chi connectivity index (χ0) is 18.1. The number of hydrogen-bond donors (Lipinski definition) is 0. The van der Waals surface area contributed by atoms with Crippen molar-refractivity contribution >= 4 is 0 Å². The van der Waals surface area contributed by atoms with Gasteiger partial charge in [0, 0.05) is 11.3 Å². The quantitative estimate of drug-likeness (QED) is 0.709. The molecule has 0 aromatic carbocycles. The second kappa shape index (κ2) is 6.32. The lowest BCUT2D eigenvalue weighted by molar-refractivity contribution is 0.275. The number of hydrogen-bond acceptors (Lipinski definition) is 8. The highest BCUT2D eigenvalue weighted by molar-refractivity contribution is 5.49. The first-order valence-electron chi connectivity index (χ1n) is 7.65. The molecule has 0 fully saturated rings. The summed E-state index contributed by atoms with van der Waals surface area (Å²) in [5.41, 5.74) is 4.65. The fourth-order valence-electron chi connectivity index (χ4n) is 2.33. The molecule has 0 saturated carbocycles. The van der Waals surface area contributed by atoms with Gasteiger partial charge in [-0.2, -0.15) is 9.94 Å². The summed E-state index contributed by atoms with van der Waals surface area (Å²) in [6.45, 7) is 9.42. The molecule has 128 valence electrons. The molecule has 0 unspecified atom stereocenters. The van der Waals surface area contributed by atoms with Gasteiger partial charge in [0.2, 0.25) is 5.88 Å². The number of aryl methyl sites for hydroxylation is 2. The van der Waals surface area contributed by atoms with Gasteiger partial charge in [-0.3, -0.25) is 0 Å². The Labute approximate surface area is 144 Å². The minimum Gasteiger partial charge on any atom is -0.468 e. The lowest BCUT2D eigenvalue weighted by atomic mass is 10.0. The van der Waals surface area contributed by atoms with Gasteiger partial charge in [0.1, 0.15) is 11.6 Å². The van der Waals surface area contributed by atoms with E-state index in [2.05, 4.69) is 31.7 Å². The molecular formula is C16H17N7O2. The van der Waals surface area contributed by atoms with Crippen molar-refractivity contribution in [3.8, 4) is 17.8 Å². The van der Waals surface area contributed by atoms with Crippen LogP contribution in [0.15, 0.2) is 4.52 Å². The van der Waals surface area contributed by atoms with E-state index in [4.69, 9.17) is 9.26 Å². The van der Waals surface area contributed by atoms with Crippen LogP contribution in [0.4, 0.5) is 0 Å². The third kappa shape index (κ3) is 2.82. The third-order valence-electron chi connectivity index (χ3n) is 4.27. The third-order valence-corrected chi connectivity index (χ3v) is 4.27. The summed E-state index contributed by atoms with van der Waals surface area (Å²) < 4.78 is 12.4. The molecule has 0 spiro atoms. The Bertz CT molecular complexity index is 981. The molecule has 0 saturated heterocycles. The van der Waals surface area contributed by atoms with Crippen LogP contribution >= 0.6 is 0 Å². The summed E-state index contributed by atoms with van der Waals surface area (Å²) in [7, 11) is 0. The normalized spacial score (nSPS) is 10.7. The average Bonchev–Trinajstić information content (AvgIpc) is 3.18. The first kappa shape index (κ1) is 16.6. The molecule has 0 aliphatic heterocycles. The van der Waals surface area contributed by atoms with Gasteiger partial charge in [-0.1, -0.05) is 5.16 Å². The van der Waals surface area contributed by atoms with Gasteiger partial charge in [-0.05, 0) is 56.2 Å². The number of ether oxygens (including phenoxy) is 1. The highest BCUT2D eigenvalue weighted by Crippen LogP contribution is 2.25. The van der Waals surface area contributed by atoms with E-state index in [1.54, 1.807) is 0 Å². The summed E-state index contributed by atoms with van der Waals surface area (Å²) in [4.78, 5) is 4.37. The molecule has 0 aliphatic carbocycles. The van der Waals surface area contributed by atoms with E-state index in [0.29, 0.717) is 17.3 Å². The standard InChI is InChI=1S/C16H17N7O2/c1-8-9(2)13(6-17)15(18-11(8)4)24-7-14-19-21-22-23(14)16-10(3)12(5)20-25-16/h7H2,1-5H3. The van der Waals surface area contributed by atoms with E-state index in [0.717, 1.165) is 28.1 Å². The van der Waals surface area contributed by atoms with E-state index < -0.39 is 0 Å². The van der Waals surface area contributed by atoms with Gasteiger partial charge >= 0.3 is 0 Å². The molecule has 3 aromatic rings. The van der Waals surface area contributed by atoms with E-state index >= 15 is 0 Å². The highest BCUT2D eigenvalue weighted by Gasteiger charge is 2.19. The molecule has 3 rings (SSSR count). The minimum absolute atomic E-state index is 0.0375. The van der Waals surface area contributed by atoms with E-state index in [1.165, 1.54) is 4.68 Å². The number of rotatable bonds is 4. The molecule has 25 heavy (non-hydrogen) atoms. The molecule has 3 aromatic heterocycles. The minimum atomic E-state index is 0.0375. The van der Waals surface area contributed by atoms with Crippen LogP contribution in [-0.4, -0.2) is 30.3 Å². The summed E-state index contributed by atoms with van der Waals surface area (Å²) in [5, 5.41) is 24.8. The van der Waals surface area contributed by atoms with Crippen LogP contribution in [0.1, 0.15) is 39.5 Å². The largest absolute Gasteiger partial charge is 0.468 e. The molecule has 9 heteroatoms. The van der Waals surface area contributed by atoms with Gasteiger partial charge < -0.3 is 9.26 Å². The average molecular weight is 339 g/mol. The second-order valence-electron chi connectivity index (χ2n) is 5.73. The van der Waals surface area contributed by atoms with E-state index in [9.17, 15) is 5.26 Å². The smallest absolute Gasteiger partial charge is 0.258 e. The van der Waals surface area contributed by atoms with E-state index in [1.807, 2.05) is 34.6 Å². The Balaban J connectivity index is 1.91. The lowest BCUT2D eigenvalue weighted by Gasteiger charge is -2.12. The van der Waals surface area contributed by atoms with Crippen molar-refractivity contribution in [3.63, 3.8) is 0 Å². The molecule has 0 bridgehead atoms. The van der Waals surface area contributed by atoms with Crippen LogP contribution in [-0.2, 0) is 6.61 Å². The predicted molar refractivity (Wildman–Crippen MR) is 86.2 cm³/mol. The summed E-state index contributed by atoms with van der Waals surface area (Å²) in [6, 6.07) is 2.15. The van der Waals surface area contributed by atoms with Crippen molar-refractivity contribution in [2.75, 3.05) is 0 Å². The van der Waals surface area contributed by atoms with Gasteiger partial charge in [0.05, 0.1) is 5.69 Å². The van der Waals surface area contributed by atoms with Crippen LogP contribution in [0.3, 0.4) is 0 Å². The van der Waals surface area contributed by atoms with Crippen molar-refractivity contribution in [1.82, 2.24) is 30.3 Å². The fourth-order valence-corrected chi connectivity index (χ4v) is 2.33. The van der Waals surface area contributed by atoms with Crippen LogP contribution in [0.2, 0.25) is 0 Å². The molecule has 0 atom stereocenters. The maximum Gasteiger partial charge on any atom is 0.258 e. The maximum absolute atomic E-state index is 9.40. The van der Waals surface area contributed by atoms with Gasteiger partial charge in [0.25, 0.3) is 5.88 Å². The lowest BCUT2D eigenvalue weighted by Crippen LogP contribution is -2.09. The van der Waals surface area contributed by atoms with Crippen molar-refractivity contribution < 1.29 is 9.26 Å². The molecular weight excluding hydrogens is 322 g/mol. The Kier molecular flexibility index (Phi) is 4.19. The van der Waals surface area contributed by atoms with E-state index in [-0.39, 0.29) is 12.5 Å². The number of pyridine rings is 1. The zero-order valence-electron chi connectivity index (χ0n) is 14.7. The number of aromatic nitrogens is 6. The Morgan fingerprint density at radius 1 is 1.08 bits per heavy atom. The van der Waals surface area contributed by atoms with Crippen LogP contribution in [0, 0.1) is 45.9 Å². The molecule has 3 heterocycles. The second-order valence-corrected chi connectivity index (χ2v) is 5.73. The SMILES string of the molecule is Cc1noc(-n2nnnc2COc2nc(C)c(C)c(C)c2C#N)c1C.